The summed E-state index contributed by atoms with van der Waals surface area (Å²) in [6, 6.07) is 9.87. The van der Waals surface area contributed by atoms with Crippen molar-refractivity contribution < 1.29 is 9.59 Å². The van der Waals surface area contributed by atoms with Gasteiger partial charge in [0, 0.05) is 17.1 Å². The average molecular weight is 428 g/mol. The summed E-state index contributed by atoms with van der Waals surface area (Å²) < 4.78 is 0. The molecular formula is C22H25N3O2S2. The highest BCUT2D eigenvalue weighted by molar-refractivity contribution is 8.14. The number of nitrogens with zero attached hydrogens (tertiary/aromatic N) is 2. The molecule has 2 heterocycles. The second-order valence-electron chi connectivity index (χ2n) is 7.40. The third-order valence-corrected chi connectivity index (χ3v) is 6.08. The molecule has 0 spiro atoms. The molecule has 29 heavy (non-hydrogen) atoms. The molecule has 0 bridgehead atoms. The molecule has 1 aromatic carbocycles. The van der Waals surface area contributed by atoms with Crippen molar-refractivity contribution in [1.29, 1.82) is 0 Å². The van der Waals surface area contributed by atoms with Crippen LogP contribution >= 0.6 is 23.1 Å². The van der Waals surface area contributed by atoms with Crippen LogP contribution in [-0.4, -0.2) is 34.2 Å². The number of thiophene rings is 1. The van der Waals surface area contributed by atoms with Gasteiger partial charge in [-0.15, -0.1) is 11.3 Å². The molecule has 5 nitrogen and oxygen atoms in total. The van der Waals surface area contributed by atoms with E-state index in [1.165, 1.54) is 11.8 Å². The molecule has 0 atom stereocenters. The smallest absolute Gasteiger partial charge is 0.278 e. The normalized spacial score (nSPS) is 15.3. The van der Waals surface area contributed by atoms with Gasteiger partial charge in [0.2, 0.25) is 5.91 Å². The predicted octanol–water partition coefficient (Wildman–Crippen LogP) is 4.93. The summed E-state index contributed by atoms with van der Waals surface area (Å²) >= 11 is 2.86. The van der Waals surface area contributed by atoms with Gasteiger partial charge < -0.3 is 5.32 Å². The first-order valence-corrected chi connectivity index (χ1v) is 11.4. The van der Waals surface area contributed by atoms with Crippen LogP contribution in [0.15, 0.2) is 46.4 Å². The third-order valence-electron chi connectivity index (χ3n) is 4.28. The first-order chi connectivity index (χ1) is 13.8. The lowest BCUT2D eigenvalue weighted by molar-refractivity contribution is -0.122. The van der Waals surface area contributed by atoms with E-state index in [2.05, 4.69) is 24.2 Å². The van der Waals surface area contributed by atoms with Crippen molar-refractivity contribution in [3.05, 3.63) is 57.4 Å². The quantitative estimate of drug-likeness (QED) is 0.665. The van der Waals surface area contributed by atoms with Crippen molar-refractivity contribution in [1.82, 2.24) is 4.90 Å². The van der Waals surface area contributed by atoms with Crippen LogP contribution in [0.25, 0.3) is 6.08 Å². The number of carbonyl (C=O) groups is 2. The van der Waals surface area contributed by atoms with Crippen molar-refractivity contribution >= 4 is 51.8 Å². The molecule has 2 aromatic rings. The minimum Gasteiger partial charge on any atom is -0.325 e. The largest absolute Gasteiger partial charge is 0.325 e. The first-order valence-electron chi connectivity index (χ1n) is 9.49. The molecule has 152 valence electrons. The number of anilines is 1. The summed E-state index contributed by atoms with van der Waals surface area (Å²) in [5, 5.41) is 5.51. The van der Waals surface area contributed by atoms with Gasteiger partial charge in [0.05, 0.1) is 5.75 Å². The molecule has 3 rings (SSSR count). The lowest BCUT2D eigenvalue weighted by Crippen LogP contribution is -2.34. The molecule has 1 aromatic heterocycles. The fourth-order valence-electron chi connectivity index (χ4n) is 2.86. The summed E-state index contributed by atoms with van der Waals surface area (Å²) in [7, 11) is 0. The monoisotopic (exact) mass is 427 g/mol. The fourth-order valence-corrected chi connectivity index (χ4v) is 4.32. The number of aryl methyl sites for hydroxylation is 2. The van der Waals surface area contributed by atoms with Crippen molar-refractivity contribution in [2.45, 2.75) is 27.7 Å². The van der Waals surface area contributed by atoms with E-state index in [9.17, 15) is 9.59 Å². The van der Waals surface area contributed by atoms with E-state index in [4.69, 9.17) is 0 Å². The fraction of sp³-hybridized carbons (Fsp3) is 0.318. The number of amidine groups is 1. The van der Waals surface area contributed by atoms with Crippen LogP contribution in [-0.2, 0) is 9.59 Å². The second kappa shape index (κ2) is 9.41. The molecular weight excluding hydrogens is 402 g/mol. The Labute approximate surface area is 179 Å². The number of rotatable bonds is 6. The van der Waals surface area contributed by atoms with Crippen molar-refractivity contribution in [2.75, 3.05) is 17.6 Å². The van der Waals surface area contributed by atoms with Crippen LogP contribution in [0.5, 0.6) is 0 Å². The van der Waals surface area contributed by atoms with Crippen LogP contribution in [0, 0.1) is 19.8 Å². The maximum Gasteiger partial charge on any atom is 0.278 e. The van der Waals surface area contributed by atoms with Gasteiger partial charge in [-0.05, 0) is 54.5 Å². The lowest BCUT2D eigenvalue weighted by atomic mass is 10.1. The highest BCUT2D eigenvalue weighted by Crippen LogP contribution is 2.26. The number of nitrogens with one attached hydrogen (secondary N) is 1. The van der Waals surface area contributed by atoms with E-state index in [0.29, 0.717) is 23.3 Å². The minimum atomic E-state index is -0.112. The zero-order valence-electron chi connectivity index (χ0n) is 17.1. The Kier molecular flexibility index (Phi) is 6.92. The standard InChI is InChI=1S/C22H25N3O2S2/c1-14(2)12-25-21(27)19(11-17-6-5-9-28-17)24-22(25)29-13-20(26)23-18-10-15(3)7-8-16(18)4/h5-11,14H,12-13H2,1-4H3,(H,23,26). The summed E-state index contributed by atoms with van der Waals surface area (Å²) in [6.07, 6.45) is 1.81. The molecule has 1 N–H and O–H groups in total. The SMILES string of the molecule is Cc1ccc(C)c(NC(=O)CSC2=NC(=Cc3cccs3)C(=O)N2CC(C)C)c1. The zero-order chi connectivity index (χ0) is 21.0. The van der Waals surface area contributed by atoms with Gasteiger partial charge in [-0.2, -0.15) is 0 Å². The molecule has 0 saturated carbocycles. The highest BCUT2D eigenvalue weighted by Gasteiger charge is 2.31. The highest BCUT2D eigenvalue weighted by atomic mass is 32.2. The number of hydrogen-bond donors (Lipinski definition) is 1. The van der Waals surface area contributed by atoms with Crippen LogP contribution < -0.4 is 5.32 Å². The summed E-state index contributed by atoms with van der Waals surface area (Å²) in [6.45, 7) is 8.65. The van der Waals surface area contributed by atoms with Gasteiger partial charge in [-0.3, -0.25) is 14.5 Å². The van der Waals surface area contributed by atoms with E-state index in [0.717, 1.165) is 21.7 Å². The minimum absolute atomic E-state index is 0.107. The molecule has 0 unspecified atom stereocenters. The maximum absolute atomic E-state index is 12.8. The summed E-state index contributed by atoms with van der Waals surface area (Å²) in [5.41, 5.74) is 3.35. The topological polar surface area (TPSA) is 61.8 Å². The van der Waals surface area contributed by atoms with Gasteiger partial charge in [0.15, 0.2) is 5.17 Å². The Morgan fingerprint density at radius 1 is 1.31 bits per heavy atom. The van der Waals surface area contributed by atoms with Crippen LogP contribution in [0.4, 0.5) is 5.69 Å². The van der Waals surface area contributed by atoms with Gasteiger partial charge in [0.25, 0.3) is 5.91 Å². The van der Waals surface area contributed by atoms with E-state index < -0.39 is 0 Å². The van der Waals surface area contributed by atoms with Gasteiger partial charge >= 0.3 is 0 Å². The van der Waals surface area contributed by atoms with E-state index in [1.807, 2.05) is 55.6 Å². The molecule has 0 saturated heterocycles. The Hall–Kier alpha value is -2.38. The van der Waals surface area contributed by atoms with E-state index in [1.54, 1.807) is 16.2 Å². The molecule has 0 radical (unpaired) electrons. The molecule has 1 aliphatic rings. The number of benzene rings is 1. The van der Waals surface area contributed by atoms with Crippen LogP contribution in [0.2, 0.25) is 0 Å². The van der Waals surface area contributed by atoms with Crippen LogP contribution in [0.1, 0.15) is 29.9 Å². The van der Waals surface area contributed by atoms with E-state index >= 15 is 0 Å². The Balaban J connectivity index is 1.71. The zero-order valence-corrected chi connectivity index (χ0v) is 18.7. The van der Waals surface area contributed by atoms with Crippen LogP contribution in [0.3, 0.4) is 0 Å². The first kappa shape index (κ1) is 21.3. The van der Waals surface area contributed by atoms with E-state index in [-0.39, 0.29) is 17.6 Å². The molecule has 1 aliphatic heterocycles. The number of thioether (sulfide) groups is 1. The molecule has 2 amide bonds. The Bertz CT molecular complexity index is 962. The van der Waals surface area contributed by atoms with Gasteiger partial charge in [-0.1, -0.05) is 43.8 Å². The second-order valence-corrected chi connectivity index (χ2v) is 9.33. The Morgan fingerprint density at radius 2 is 2.10 bits per heavy atom. The number of amides is 2. The number of aliphatic imine (C=N–C) groups is 1. The maximum atomic E-state index is 12.8. The van der Waals surface area contributed by atoms with Crippen molar-refractivity contribution in [3.8, 4) is 0 Å². The van der Waals surface area contributed by atoms with Crippen molar-refractivity contribution in [2.24, 2.45) is 10.9 Å². The predicted molar refractivity (Wildman–Crippen MR) is 123 cm³/mol. The summed E-state index contributed by atoms with van der Waals surface area (Å²) in [5.74, 6) is 0.276. The number of hydrogen-bond acceptors (Lipinski definition) is 5. The lowest BCUT2D eigenvalue weighted by Gasteiger charge is -2.19. The van der Waals surface area contributed by atoms with Gasteiger partial charge in [-0.25, -0.2) is 4.99 Å². The molecule has 7 heteroatoms. The molecule has 0 aliphatic carbocycles. The molecule has 0 fully saturated rings. The third kappa shape index (κ3) is 5.58. The average Bonchev–Trinajstić information content (AvgIpc) is 3.27. The summed E-state index contributed by atoms with van der Waals surface area (Å²) in [4.78, 5) is 32.5. The van der Waals surface area contributed by atoms with Crippen molar-refractivity contribution in [3.63, 3.8) is 0 Å². The number of carbonyl (C=O) groups excluding carboxylic acids is 2. The Morgan fingerprint density at radius 3 is 2.79 bits per heavy atom. The van der Waals surface area contributed by atoms with Gasteiger partial charge in [0.1, 0.15) is 5.70 Å².